The number of hydrogen-bond acceptors (Lipinski definition) is 2. The summed E-state index contributed by atoms with van der Waals surface area (Å²) >= 11 is 0. The van der Waals surface area contributed by atoms with E-state index in [2.05, 4.69) is 10.6 Å². The van der Waals surface area contributed by atoms with Crippen LogP contribution in [-0.2, 0) is 4.79 Å². The van der Waals surface area contributed by atoms with Crippen molar-refractivity contribution in [2.24, 2.45) is 11.8 Å². The maximum absolute atomic E-state index is 11.7. The molecule has 5 heteroatoms. The Morgan fingerprint density at radius 2 is 1.89 bits per heavy atom. The van der Waals surface area contributed by atoms with E-state index < -0.39 is 12.0 Å². The van der Waals surface area contributed by atoms with Crippen LogP contribution in [0.1, 0.15) is 46.5 Å². The summed E-state index contributed by atoms with van der Waals surface area (Å²) in [5, 5.41) is 14.4. The standard InChI is InChI=1S/C13H24N2O3/c1-4-10(7-9-5-6-9)14-13(18)15-11(8(2)3)12(16)17/h8-11H,4-7H2,1-3H3,(H,16,17)(H2,14,15,18). The van der Waals surface area contributed by atoms with Gasteiger partial charge >= 0.3 is 12.0 Å². The van der Waals surface area contributed by atoms with E-state index in [0.29, 0.717) is 0 Å². The molecule has 1 aliphatic rings. The molecule has 0 aromatic rings. The van der Waals surface area contributed by atoms with Gasteiger partial charge in [0.1, 0.15) is 6.04 Å². The second-order valence-corrected chi connectivity index (χ2v) is 5.46. The number of rotatable bonds is 7. The van der Waals surface area contributed by atoms with Crippen LogP contribution in [0.5, 0.6) is 0 Å². The van der Waals surface area contributed by atoms with Gasteiger partial charge in [-0.25, -0.2) is 9.59 Å². The van der Waals surface area contributed by atoms with Crippen molar-refractivity contribution in [1.29, 1.82) is 0 Å². The van der Waals surface area contributed by atoms with E-state index in [1.807, 2.05) is 6.92 Å². The average Bonchev–Trinajstić information content (AvgIpc) is 3.08. The summed E-state index contributed by atoms with van der Waals surface area (Å²) < 4.78 is 0. The first-order valence-corrected chi connectivity index (χ1v) is 6.73. The zero-order valence-corrected chi connectivity index (χ0v) is 11.4. The number of nitrogens with one attached hydrogen (secondary N) is 2. The predicted molar refractivity (Wildman–Crippen MR) is 69.3 cm³/mol. The molecule has 104 valence electrons. The molecule has 0 spiro atoms. The molecule has 1 fully saturated rings. The lowest BCUT2D eigenvalue weighted by Gasteiger charge is -2.21. The zero-order valence-electron chi connectivity index (χ0n) is 11.4. The molecule has 0 bridgehead atoms. The summed E-state index contributed by atoms with van der Waals surface area (Å²) in [6.45, 7) is 5.59. The number of hydrogen-bond donors (Lipinski definition) is 3. The van der Waals surface area contributed by atoms with Gasteiger partial charge in [-0.15, -0.1) is 0 Å². The van der Waals surface area contributed by atoms with Crippen LogP contribution in [0, 0.1) is 11.8 Å². The fourth-order valence-corrected chi connectivity index (χ4v) is 1.97. The summed E-state index contributed by atoms with van der Waals surface area (Å²) in [5.74, 6) is -0.372. The first kappa shape index (κ1) is 14.8. The Hall–Kier alpha value is -1.26. The molecule has 2 amide bonds. The fourth-order valence-electron chi connectivity index (χ4n) is 1.97. The van der Waals surface area contributed by atoms with Crippen LogP contribution >= 0.6 is 0 Å². The number of aliphatic carboxylic acids is 1. The van der Waals surface area contributed by atoms with Gasteiger partial charge in [-0.05, 0) is 24.7 Å². The molecule has 1 rings (SSSR count). The summed E-state index contributed by atoms with van der Waals surface area (Å²) in [4.78, 5) is 22.7. The highest BCUT2D eigenvalue weighted by molar-refractivity contribution is 5.82. The van der Waals surface area contributed by atoms with Gasteiger partial charge in [-0.3, -0.25) is 0 Å². The maximum atomic E-state index is 11.7. The monoisotopic (exact) mass is 256 g/mol. The Morgan fingerprint density at radius 3 is 2.28 bits per heavy atom. The Morgan fingerprint density at radius 1 is 1.28 bits per heavy atom. The highest BCUT2D eigenvalue weighted by Gasteiger charge is 2.27. The number of carboxylic acid groups (broad SMARTS) is 1. The van der Waals surface area contributed by atoms with Crippen LogP contribution in [0.25, 0.3) is 0 Å². The van der Waals surface area contributed by atoms with Gasteiger partial charge in [0.2, 0.25) is 0 Å². The fraction of sp³-hybridized carbons (Fsp3) is 0.846. The second-order valence-electron chi connectivity index (χ2n) is 5.46. The van der Waals surface area contributed by atoms with E-state index in [1.54, 1.807) is 13.8 Å². The predicted octanol–water partition coefficient (Wildman–Crippen LogP) is 1.97. The van der Waals surface area contributed by atoms with Gasteiger partial charge in [0.05, 0.1) is 0 Å². The lowest BCUT2D eigenvalue weighted by atomic mass is 10.1. The highest BCUT2D eigenvalue weighted by atomic mass is 16.4. The number of urea groups is 1. The quantitative estimate of drug-likeness (QED) is 0.651. The Balaban J connectivity index is 2.39. The highest BCUT2D eigenvalue weighted by Crippen LogP contribution is 2.33. The smallest absolute Gasteiger partial charge is 0.326 e. The first-order valence-electron chi connectivity index (χ1n) is 6.73. The Bertz CT molecular complexity index is 301. The van der Waals surface area contributed by atoms with E-state index in [0.717, 1.165) is 18.8 Å². The molecule has 0 aromatic carbocycles. The Labute approximate surface area is 108 Å². The van der Waals surface area contributed by atoms with Crippen LogP contribution in [-0.4, -0.2) is 29.2 Å². The number of carbonyl (C=O) groups is 2. The summed E-state index contributed by atoms with van der Waals surface area (Å²) in [6.07, 6.45) is 4.39. The lowest BCUT2D eigenvalue weighted by molar-refractivity contribution is -0.140. The number of carbonyl (C=O) groups excluding carboxylic acids is 1. The minimum Gasteiger partial charge on any atom is -0.480 e. The first-order chi connectivity index (χ1) is 8.43. The molecule has 5 nitrogen and oxygen atoms in total. The van der Waals surface area contributed by atoms with E-state index in [4.69, 9.17) is 5.11 Å². The van der Waals surface area contributed by atoms with Crippen molar-refractivity contribution in [3.63, 3.8) is 0 Å². The summed E-state index contributed by atoms with van der Waals surface area (Å²) in [7, 11) is 0. The van der Waals surface area contributed by atoms with Crippen LogP contribution in [0.2, 0.25) is 0 Å². The molecule has 0 heterocycles. The lowest BCUT2D eigenvalue weighted by Crippen LogP contribution is -2.51. The van der Waals surface area contributed by atoms with Gasteiger partial charge < -0.3 is 15.7 Å². The van der Waals surface area contributed by atoms with E-state index in [9.17, 15) is 9.59 Å². The molecule has 3 N–H and O–H groups in total. The van der Waals surface area contributed by atoms with Crippen molar-refractivity contribution in [3.05, 3.63) is 0 Å². The molecular weight excluding hydrogens is 232 g/mol. The maximum Gasteiger partial charge on any atom is 0.326 e. The van der Waals surface area contributed by atoms with E-state index in [-0.39, 0.29) is 18.0 Å². The largest absolute Gasteiger partial charge is 0.480 e. The normalized spacial score (nSPS) is 18.2. The molecule has 2 atom stereocenters. The van der Waals surface area contributed by atoms with E-state index >= 15 is 0 Å². The molecule has 1 saturated carbocycles. The van der Waals surface area contributed by atoms with E-state index in [1.165, 1.54) is 12.8 Å². The minimum atomic E-state index is -0.990. The number of carboxylic acids is 1. The van der Waals surface area contributed by atoms with Gasteiger partial charge in [0, 0.05) is 6.04 Å². The molecule has 0 saturated heterocycles. The van der Waals surface area contributed by atoms with Crippen LogP contribution in [0.3, 0.4) is 0 Å². The van der Waals surface area contributed by atoms with Crippen LogP contribution in [0.15, 0.2) is 0 Å². The average molecular weight is 256 g/mol. The topological polar surface area (TPSA) is 78.4 Å². The van der Waals surface area contributed by atoms with Crippen LogP contribution in [0.4, 0.5) is 4.79 Å². The number of amides is 2. The Kier molecular flexibility index (Phi) is 5.44. The van der Waals surface area contributed by atoms with Crippen molar-refractivity contribution in [2.75, 3.05) is 0 Å². The van der Waals surface area contributed by atoms with Crippen molar-refractivity contribution in [1.82, 2.24) is 10.6 Å². The van der Waals surface area contributed by atoms with Crippen LogP contribution < -0.4 is 10.6 Å². The van der Waals surface area contributed by atoms with Gasteiger partial charge in [0.15, 0.2) is 0 Å². The minimum absolute atomic E-state index is 0.128. The molecule has 0 aliphatic heterocycles. The van der Waals surface area contributed by atoms with Gasteiger partial charge in [-0.2, -0.15) is 0 Å². The van der Waals surface area contributed by atoms with Gasteiger partial charge in [-0.1, -0.05) is 33.6 Å². The second kappa shape index (κ2) is 6.61. The third kappa shape index (κ3) is 4.94. The van der Waals surface area contributed by atoms with Gasteiger partial charge in [0.25, 0.3) is 0 Å². The van der Waals surface area contributed by atoms with Crippen molar-refractivity contribution < 1.29 is 14.7 Å². The summed E-state index contributed by atoms with van der Waals surface area (Å²) in [5.41, 5.74) is 0. The molecule has 1 aliphatic carbocycles. The van der Waals surface area contributed by atoms with Crippen molar-refractivity contribution in [3.8, 4) is 0 Å². The third-order valence-corrected chi connectivity index (χ3v) is 3.36. The molecule has 18 heavy (non-hydrogen) atoms. The summed E-state index contributed by atoms with van der Waals surface area (Å²) in [6, 6.07) is -1.05. The molecule has 0 aromatic heterocycles. The molecule has 2 unspecified atom stereocenters. The third-order valence-electron chi connectivity index (χ3n) is 3.36. The molecule has 0 radical (unpaired) electrons. The molecular formula is C13H24N2O3. The van der Waals surface area contributed by atoms with Crippen molar-refractivity contribution >= 4 is 12.0 Å². The zero-order chi connectivity index (χ0) is 13.7. The van der Waals surface area contributed by atoms with Crippen molar-refractivity contribution in [2.45, 2.75) is 58.5 Å². The SMILES string of the molecule is CCC(CC1CC1)NC(=O)NC(C(=O)O)C(C)C.